The summed E-state index contributed by atoms with van der Waals surface area (Å²) < 4.78 is 17.7. The molecule has 0 saturated carbocycles. The van der Waals surface area contributed by atoms with Crippen LogP contribution in [0.3, 0.4) is 0 Å². The number of carbonyl (C=O) groups is 1. The molecule has 2 saturated heterocycles. The van der Waals surface area contributed by atoms with Crippen molar-refractivity contribution >= 4 is 17.5 Å². The minimum Gasteiger partial charge on any atom is -0.496 e. The zero-order chi connectivity index (χ0) is 23.3. The van der Waals surface area contributed by atoms with E-state index in [4.69, 9.17) is 25.8 Å². The van der Waals surface area contributed by atoms with Gasteiger partial charge >= 0.3 is 0 Å². The van der Waals surface area contributed by atoms with Gasteiger partial charge in [0, 0.05) is 36.8 Å². The lowest BCUT2D eigenvalue weighted by Crippen LogP contribution is -2.45. The number of carbonyl (C=O) groups excluding carboxylic acids is 1. The van der Waals surface area contributed by atoms with Gasteiger partial charge in [-0.05, 0) is 56.9 Å². The quantitative estimate of drug-likeness (QED) is 0.615. The second kappa shape index (κ2) is 10.8. The summed E-state index contributed by atoms with van der Waals surface area (Å²) in [6, 6.07) is 15.3. The van der Waals surface area contributed by atoms with Crippen LogP contribution in [0.25, 0.3) is 0 Å². The summed E-state index contributed by atoms with van der Waals surface area (Å²) >= 11 is 5.98. The normalized spacial score (nSPS) is 21.0. The Balaban J connectivity index is 1.20. The maximum atomic E-state index is 12.5. The summed E-state index contributed by atoms with van der Waals surface area (Å²) in [4.78, 5) is 15.0. The van der Waals surface area contributed by atoms with Gasteiger partial charge < -0.3 is 19.5 Å². The van der Waals surface area contributed by atoms with E-state index in [1.54, 1.807) is 38.3 Å². The number of hydrogen-bond donors (Lipinski definition) is 1. The number of para-hydroxylation sites is 1. The van der Waals surface area contributed by atoms with Crippen molar-refractivity contribution in [3.05, 3.63) is 59.1 Å². The first-order valence-corrected chi connectivity index (χ1v) is 12.1. The van der Waals surface area contributed by atoms with Crippen LogP contribution >= 0.6 is 11.6 Å². The van der Waals surface area contributed by atoms with E-state index < -0.39 is 6.10 Å². The lowest BCUT2D eigenvalue weighted by Gasteiger charge is -2.39. The number of methoxy groups -OCH3 is 1. The summed E-state index contributed by atoms with van der Waals surface area (Å²) in [5, 5.41) is 3.57. The highest BCUT2D eigenvalue weighted by atomic mass is 35.5. The van der Waals surface area contributed by atoms with Gasteiger partial charge in [0.25, 0.3) is 5.91 Å². The van der Waals surface area contributed by atoms with Gasteiger partial charge in [0.15, 0.2) is 6.10 Å². The zero-order valence-corrected chi connectivity index (χ0v) is 20.1. The first-order chi connectivity index (χ1) is 16.0. The van der Waals surface area contributed by atoms with Crippen molar-refractivity contribution in [2.45, 2.75) is 57.0 Å². The maximum absolute atomic E-state index is 12.5. The Hall–Kier alpha value is -2.28. The molecule has 6 nitrogen and oxygen atoms in total. The molecule has 33 heavy (non-hydrogen) atoms. The lowest BCUT2D eigenvalue weighted by molar-refractivity contribution is -0.128. The van der Waals surface area contributed by atoms with E-state index in [9.17, 15) is 4.79 Å². The molecule has 2 aromatic carbocycles. The Kier molecular flexibility index (Phi) is 7.78. The van der Waals surface area contributed by atoms with E-state index in [1.807, 2.05) is 12.1 Å². The molecule has 2 aliphatic heterocycles. The number of piperidine rings is 1. The molecule has 2 aliphatic rings. The molecule has 2 fully saturated rings. The fourth-order valence-electron chi connectivity index (χ4n) is 4.76. The zero-order valence-electron chi connectivity index (χ0n) is 19.4. The number of nitrogens with zero attached hydrogens (tertiary/aromatic N) is 1. The van der Waals surface area contributed by atoms with Gasteiger partial charge in [-0.2, -0.15) is 0 Å². The van der Waals surface area contributed by atoms with Crippen LogP contribution in [-0.4, -0.2) is 55.4 Å². The molecular weight excluding hydrogens is 440 g/mol. The topological polar surface area (TPSA) is 60.0 Å². The summed E-state index contributed by atoms with van der Waals surface area (Å²) in [6.45, 7) is 5.15. The first-order valence-electron chi connectivity index (χ1n) is 11.7. The molecule has 1 spiro atoms. The Morgan fingerprint density at radius 1 is 1.21 bits per heavy atom. The monoisotopic (exact) mass is 472 g/mol. The van der Waals surface area contributed by atoms with Gasteiger partial charge in [-0.25, -0.2) is 0 Å². The van der Waals surface area contributed by atoms with Crippen LogP contribution < -0.4 is 14.8 Å². The van der Waals surface area contributed by atoms with Crippen LogP contribution in [0.1, 0.15) is 38.2 Å². The van der Waals surface area contributed by atoms with Gasteiger partial charge in [0.05, 0.1) is 18.8 Å². The van der Waals surface area contributed by atoms with E-state index in [0.717, 1.165) is 51.1 Å². The number of nitrogens with one attached hydrogen (secondary N) is 1. The Bertz CT molecular complexity index is 945. The average molecular weight is 473 g/mol. The highest BCUT2D eigenvalue weighted by Gasteiger charge is 2.42. The second-order valence-electron chi connectivity index (χ2n) is 9.01. The molecule has 0 bridgehead atoms. The Morgan fingerprint density at radius 2 is 2.00 bits per heavy atom. The average Bonchev–Trinajstić information content (AvgIpc) is 3.22. The van der Waals surface area contributed by atoms with Crippen molar-refractivity contribution in [3.63, 3.8) is 0 Å². The van der Waals surface area contributed by atoms with E-state index in [1.165, 1.54) is 5.56 Å². The van der Waals surface area contributed by atoms with Crippen LogP contribution in [0.4, 0.5) is 0 Å². The predicted molar refractivity (Wildman–Crippen MR) is 129 cm³/mol. The fourth-order valence-corrected chi connectivity index (χ4v) is 4.94. The highest BCUT2D eigenvalue weighted by molar-refractivity contribution is 6.30. The van der Waals surface area contributed by atoms with Gasteiger partial charge in [-0.1, -0.05) is 35.9 Å². The number of likely N-dealkylation sites (tertiary alicyclic amines) is 1. The van der Waals surface area contributed by atoms with Crippen LogP contribution in [0.15, 0.2) is 48.5 Å². The number of benzene rings is 2. The molecule has 0 aromatic heterocycles. The van der Waals surface area contributed by atoms with E-state index in [0.29, 0.717) is 17.3 Å². The van der Waals surface area contributed by atoms with Crippen molar-refractivity contribution in [1.29, 1.82) is 0 Å². The number of amides is 1. The fraction of sp³-hybridized carbons (Fsp3) is 0.500. The van der Waals surface area contributed by atoms with Gasteiger partial charge in [0.2, 0.25) is 0 Å². The molecule has 0 unspecified atom stereocenters. The largest absolute Gasteiger partial charge is 0.496 e. The third kappa shape index (κ3) is 6.19. The SMILES string of the molecule is COc1ccccc1CN1CCC2(CC[C@@H](CNC(=O)[C@H](C)Oc3cccc(Cl)c3)O2)CC1. The van der Waals surface area contributed by atoms with E-state index >= 15 is 0 Å². The molecule has 7 heteroatoms. The van der Waals surface area contributed by atoms with E-state index in [2.05, 4.69) is 22.3 Å². The molecule has 0 radical (unpaired) electrons. The summed E-state index contributed by atoms with van der Waals surface area (Å²) in [7, 11) is 1.72. The third-order valence-electron chi connectivity index (χ3n) is 6.67. The van der Waals surface area contributed by atoms with Crippen molar-refractivity contribution in [3.8, 4) is 11.5 Å². The lowest BCUT2D eigenvalue weighted by atomic mass is 9.88. The van der Waals surface area contributed by atoms with Gasteiger partial charge in [-0.15, -0.1) is 0 Å². The molecule has 2 aromatic rings. The number of hydrogen-bond acceptors (Lipinski definition) is 5. The van der Waals surface area contributed by atoms with Crippen molar-refractivity contribution in [2.24, 2.45) is 0 Å². The molecule has 0 aliphatic carbocycles. The summed E-state index contributed by atoms with van der Waals surface area (Å²) in [5.41, 5.74) is 1.16. The molecule has 2 atom stereocenters. The van der Waals surface area contributed by atoms with Crippen LogP contribution in [-0.2, 0) is 16.1 Å². The van der Waals surface area contributed by atoms with Crippen LogP contribution in [0.5, 0.6) is 11.5 Å². The summed E-state index contributed by atoms with van der Waals surface area (Å²) in [6.07, 6.45) is 3.49. The molecule has 1 amide bonds. The second-order valence-corrected chi connectivity index (χ2v) is 9.45. The Morgan fingerprint density at radius 3 is 2.76 bits per heavy atom. The van der Waals surface area contributed by atoms with Crippen molar-refractivity contribution < 1.29 is 19.0 Å². The minimum atomic E-state index is -0.600. The predicted octanol–water partition coefficient (Wildman–Crippen LogP) is 4.45. The van der Waals surface area contributed by atoms with Gasteiger partial charge in [0.1, 0.15) is 11.5 Å². The van der Waals surface area contributed by atoms with Crippen molar-refractivity contribution in [2.75, 3.05) is 26.7 Å². The minimum absolute atomic E-state index is 0.0492. The standard InChI is InChI=1S/C26H33ClN2O4/c1-19(32-22-8-5-7-21(27)16-22)25(30)28-17-23-10-11-26(33-23)12-14-29(15-13-26)18-20-6-3-4-9-24(20)31-2/h3-9,16,19,23H,10-15,17-18H2,1-2H3,(H,28,30)/t19-,23-/m0/s1. The third-order valence-corrected chi connectivity index (χ3v) is 6.91. The van der Waals surface area contributed by atoms with Crippen molar-refractivity contribution in [1.82, 2.24) is 10.2 Å². The molecule has 2 heterocycles. The molecule has 1 N–H and O–H groups in total. The summed E-state index contributed by atoms with van der Waals surface area (Å²) in [5.74, 6) is 1.38. The molecule has 4 rings (SSSR count). The maximum Gasteiger partial charge on any atom is 0.260 e. The number of halogens is 1. The molecule has 178 valence electrons. The van der Waals surface area contributed by atoms with E-state index in [-0.39, 0.29) is 17.6 Å². The number of rotatable bonds is 8. The smallest absolute Gasteiger partial charge is 0.260 e. The van der Waals surface area contributed by atoms with Crippen LogP contribution in [0, 0.1) is 0 Å². The Labute approximate surface area is 201 Å². The van der Waals surface area contributed by atoms with Gasteiger partial charge in [-0.3, -0.25) is 9.69 Å². The number of ether oxygens (including phenoxy) is 3. The molecular formula is C26H33ClN2O4. The first kappa shape index (κ1) is 23.9. The van der Waals surface area contributed by atoms with Crippen LogP contribution in [0.2, 0.25) is 5.02 Å². The highest BCUT2D eigenvalue weighted by Crippen LogP contribution is 2.39.